The van der Waals surface area contributed by atoms with Crippen molar-refractivity contribution in [2.45, 2.75) is 9.79 Å². The highest BCUT2D eigenvalue weighted by atomic mass is 32.2. The van der Waals surface area contributed by atoms with Gasteiger partial charge in [-0.15, -0.1) is 0 Å². The zero-order valence-electron chi connectivity index (χ0n) is 16.3. The Morgan fingerprint density at radius 1 is 1.00 bits per heavy atom. The zero-order chi connectivity index (χ0) is 20.9. The van der Waals surface area contributed by atoms with Crippen molar-refractivity contribution in [1.82, 2.24) is 0 Å². The molecule has 3 aromatic carbocycles. The van der Waals surface area contributed by atoms with Crippen LogP contribution in [-0.4, -0.2) is 32.3 Å². The number of rotatable bonds is 5. The van der Waals surface area contributed by atoms with Crippen molar-refractivity contribution < 1.29 is 19.1 Å². The van der Waals surface area contributed by atoms with Gasteiger partial charge in [0.05, 0.1) is 17.9 Å². The number of para-hydroxylation sites is 1. The van der Waals surface area contributed by atoms with E-state index in [0.717, 1.165) is 15.5 Å². The Kier molecular flexibility index (Phi) is 6.02. The first-order chi connectivity index (χ1) is 14.7. The highest BCUT2D eigenvalue weighted by Crippen LogP contribution is 2.42. The molecule has 0 unspecified atom stereocenters. The summed E-state index contributed by atoms with van der Waals surface area (Å²) in [4.78, 5) is 28.8. The molecule has 0 aromatic heterocycles. The Bertz CT molecular complexity index is 1070. The molecular formula is C23H20N2O4S. The number of amides is 2. The van der Waals surface area contributed by atoms with Crippen LogP contribution in [-0.2, 0) is 4.74 Å². The van der Waals surface area contributed by atoms with Gasteiger partial charge in [-0.2, -0.15) is 0 Å². The van der Waals surface area contributed by atoms with Crippen LogP contribution in [0.25, 0.3) is 0 Å². The summed E-state index contributed by atoms with van der Waals surface area (Å²) in [5.74, 6) is 0.391. The van der Waals surface area contributed by atoms with Crippen LogP contribution in [0.15, 0.2) is 82.6 Å². The molecule has 0 saturated carbocycles. The van der Waals surface area contributed by atoms with Crippen molar-refractivity contribution in [3.63, 3.8) is 0 Å². The van der Waals surface area contributed by atoms with Crippen LogP contribution in [0, 0.1) is 0 Å². The van der Waals surface area contributed by atoms with Gasteiger partial charge in [0.25, 0.3) is 5.91 Å². The number of hydrogen-bond donors (Lipinski definition) is 1. The molecule has 0 fully saturated rings. The van der Waals surface area contributed by atoms with Crippen LogP contribution < -0.4 is 15.0 Å². The number of hydrogen-bond acceptors (Lipinski definition) is 5. The molecule has 7 heteroatoms. The Balaban J connectivity index is 1.62. The summed E-state index contributed by atoms with van der Waals surface area (Å²) in [6.07, 6.45) is -0.576. The van der Waals surface area contributed by atoms with Crippen LogP contribution in [0.2, 0.25) is 0 Å². The molecule has 2 amide bonds. The number of methoxy groups -OCH3 is 1. The summed E-state index contributed by atoms with van der Waals surface area (Å²) in [7, 11) is 1.61. The smallest absolute Gasteiger partial charge is 0.410 e. The molecule has 30 heavy (non-hydrogen) atoms. The van der Waals surface area contributed by atoms with Crippen molar-refractivity contribution in [2.75, 3.05) is 30.5 Å². The molecule has 1 N–H and O–H groups in total. The third kappa shape index (κ3) is 4.32. The van der Waals surface area contributed by atoms with Gasteiger partial charge in [0, 0.05) is 29.1 Å². The van der Waals surface area contributed by atoms with E-state index in [9.17, 15) is 9.59 Å². The number of fused-ring (bicyclic) bond motifs is 2. The Labute approximate surface area is 178 Å². The lowest BCUT2D eigenvalue weighted by Gasteiger charge is -2.23. The first kappa shape index (κ1) is 20.0. The number of carbonyl (C=O) groups excluding carboxylic acids is 2. The van der Waals surface area contributed by atoms with Crippen molar-refractivity contribution in [3.05, 3.63) is 78.4 Å². The van der Waals surface area contributed by atoms with Gasteiger partial charge in [-0.3, -0.25) is 10.1 Å². The number of carbonyl (C=O) groups is 2. The maximum absolute atomic E-state index is 13.1. The van der Waals surface area contributed by atoms with Crippen molar-refractivity contribution >= 4 is 35.1 Å². The van der Waals surface area contributed by atoms with Gasteiger partial charge >= 0.3 is 6.09 Å². The largest absolute Gasteiger partial charge is 0.417 e. The monoisotopic (exact) mass is 420 g/mol. The van der Waals surface area contributed by atoms with E-state index in [0.29, 0.717) is 30.2 Å². The number of benzene rings is 3. The Morgan fingerprint density at radius 2 is 1.77 bits per heavy atom. The second-order valence-corrected chi connectivity index (χ2v) is 7.64. The third-order valence-corrected chi connectivity index (χ3v) is 5.68. The molecule has 1 aliphatic heterocycles. The van der Waals surface area contributed by atoms with Gasteiger partial charge in [-0.25, -0.2) is 4.79 Å². The molecule has 0 bridgehead atoms. The second-order valence-electron chi connectivity index (χ2n) is 6.56. The number of ether oxygens (including phenoxy) is 2. The number of nitrogens with one attached hydrogen (secondary N) is 1. The Hall–Kier alpha value is -3.29. The summed E-state index contributed by atoms with van der Waals surface area (Å²) >= 11 is 1.49. The van der Waals surface area contributed by atoms with E-state index >= 15 is 0 Å². The molecule has 0 saturated heterocycles. The van der Waals surface area contributed by atoms with Crippen molar-refractivity contribution in [2.24, 2.45) is 0 Å². The first-order valence-corrected chi connectivity index (χ1v) is 10.2. The van der Waals surface area contributed by atoms with Crippen LogP contribution in [0.4, 0.5) is 16.2 Å². The van der Waals surface area contributed by atoms with Gasteiger partial charge in [0.2, 0.25) is 0 Å². The maximum atomic E-state index is 13.1. The maximum Gasteiger partial charge on any atom is 0.417 e. The van der Waals surface area contributed by atoms with Gasteiger partial charge in [-0.1, -0.05) is 42.1 Å². The third-order valence-electron chi connectivity index (χ3n) is 4.55. The fourth-order valence-electron chi connectivity index (χ4n) is 3.15. The van der Waals surface area contributed by atoms with E-state index in [1.165, 1.54) is 11.8 Å². The minimum absolute atomic E-state index is 0.0712. The first-order valence-electron chi connectivity index (χ1n) is 9.41. The molecule has 1 aliphatic rings. The number of anilines is 2. The molecule has 152 valence electrons. The molecule has 3 aromatic rings. The van der Waals surface area contributed by atoms with E-state index < -0.39 is 6.09 Å². The lowest BCUT2D eigenvalue weighted by Crippen LogP contribution is -2.33. The number of nitrogens with zero attached hydrogens (tertiary/aromatic N) is 1. The van der Waals surface area contributed by atoms with E-state index in [1.807, 2.05) is 42.5 Å². The topological polar surface area (TPSA) is 67.9 Å². The lowest BCUT2D eigenvalue weighted by molar-refractivity contribution is 0.0973. The highest BCUT2D eigenvalue weighted by molar-refractivity contribution is 7.99. The second kappa shape index (κ2) is 9.02. The molecule has 0 atom stereocenters. The summed E-state index contributed by atoms with van der Waals surface area (Å²) in [5, 5.41) is 2.75. The van der Waals surface area contributed by atoms with E-state index in [2.05, 4.69) is 5.32 Å². The average molecular weight is 420 g/mol. The van der Waals surface area contributed by atoms with Crippen LogP contribution in [0.5, 0.6) is 5.75 Å². The molecule has 4 rings (SSSR count). The molecule has 0 aliphatic carbocycles. The highest BCUT2D eigenvalue weighted by Gasteiger charge is 2.27. The predicted molar refractivity (Wildman–Crippen MR) is 117 cm³/mol. The minimum Gasteiger partial charge on any atom is -0.410 e. The van der Waals surface area contributed by atoms with Gasteiger partial charge in [0.1, 0.15) is 5.75 Å². The normalized spacial score (nSPS) is 12.6. The quantitative estimate of drug-likeness (QED) is 0.625. The van der Waals surface area contributed by atoms with Gasteiger partial charge in [0.15, 0.2) is 0 Å². The van der Waals surface area contributed by atoms with E-state index in [4.69, 9.17) is 9.47 Å². The van der Waals surface area contributed by atoms with Crippen LogP contribution in [0.1, 0.15) is 10.4 Å². The van der Waals surface area contributed by atoms with E-state index in [1.54, 1.807) is 42.3 Å². The zero-order valence-corrected chi connectivity index (χ0v) is 17.1. The van der Waals surface area contributed by atoms with Gasteiger partial charge < -0.3 is 14.4 Å². The predicted octanol–water partition coefficient (Wildman–Crippen LogP) is 5.06. The fourth-order valence-corrected chi connectivity index (χ4v) is 4.26. The molecule has 0 spiro atoms. The van der Waals surface area contributed by atoms with Crippen molar-refractivity contribution in [1.29, 1.82) is 0 Å². The summed E-state index contributed by atoms with van der Waals surface area (Å²) in [6.45, 7) is 0.849. The summed E-state index contributed by atoms with van der Waals surface area (Å²) in [6, 6.07) is 21.8. The standard InChI is InChI=1S/C23H20N2O4S/c1-28-14-13-25-19-12-11-16(24-23(27)29-17-7-3-2-4-8-17)15-21(19)30-20-10-6-5-9-18(20)22(25)26/h2-12,15H,13-14H2,1H3,(H,24,27). The van der Waals surface area contributed by atoms with Crippen LogP contribution >= 0.6 is 11.8 Å². The SMILES string of the molecule is COCCN1C(=O)c2ccccc2Sc2cc(NC(=O)Oc3ccccc3)ccc21. The molecular weight excluding hydrogens is 400 g/mol. The van der Waals surface area contributed by atoms with Crippen LogP contribution in [0.3, 0.4) is 0 Å². The van der Waals surface area contributed by atoms with Crippen molar-refractivity contribution in [3.8, 4) is 5.75 Å². The molecule has 1 heterocycles. The molecule has 0 radical (unpaired) electrons. The average Bonchev–Trinajstić information content (AvgIpc) is 2.87. The Morgan fingerprint density at radius 3 is 2.57 bits per heavy atom. The minimum atomic E-state index is -0.576. The summed E-state index contributed by atoms with van der Waals surface area (Å²) in [5.41, 5.74) is 2.01. The summed E-state index contributed by atoms with van der Waals surface area (Å²) < 4.78 is 10.5. The molecule has 6 nitrogen and oxygen atoms in total. The fraction of sp³-hybridized carbons (Fsp3) is 0.130. The lowest BCUT2D eigenvalue weighted by atomic mass is 10.1. The van der Waals surface area contributed by atoms with E-state index in [-0.39, 0.29) is 5.91 Å². The van der Waals surface area contributed by atoms with Gasteiger partial charge in [-0.05, 0) is 42.5 Å².